The van der Waals surface area contributed by atoms with Crippen LogP contribution in [0.15, 0.2) is 15.8 Å². The summed E-state index contributed by atoms with van der Waals surface area (Å²) in [5, 5.41) is 13.0. The van der Waals surface area contributed by atoms with Crippen LogP contribution in [0.3, 0.4) is 0 Å². The van der Waals surface area contributed by atoms with Crippen molar-refractivity contribution in [3.05, 3.63) is 32.2 Å². The molecule has 132 valence electrons. The normalized spacial score (nSPS) is 12.7. The molecule has 0 aliphatic rings. The third-order valence-corrected chi connectivity index (χ3v) is 5.23. The zero-order valence-corrected chi connectivity index (χ0v) is 16.9. The predicted octanol–water partition coefficient (Wildman–Crippen LogP) is 3.89. The van der Waals surface area contributed by atoms with Gasteiger partial charge in [-0.1, -0.05) is 34.6 Å². The lowest BCUT2D eigenvalue weighted by Crippen LogP contribution is -2.36. The Morgan fingerprint density at radius 3 is 2.12 bits per heavy atom. The first-order chi connectivity index (χ1) is 11.3. The minimum Gasteiger partial charge on any atom is -0.350 e. The van der Waals surface area contributed by atoms with Crippen LogP contribution >= 0.6 is 22.7 Å². The van der Waals surface area contributed by atoms with Gasteiger partial charge in [0.25, 0.3) is 0 Å². The van der Waals surface area contributed by atoms with Crippen molar-refractivity contribution in [2.24, 2.45) is 4.99 Å². The van der Waals surface area contributed by atoms with Crippen molar-refractivity contribution in [3.63, 3.8) is 0 Å². The second kappa shape index (κ2) is 8.07. The maximum Gasteiger partial charge on any atom is 0.191 e. The number of rotatable bonds is 5. The van der Waals surface area contributed by atoms with Crippen LogP contribution in [0.25, 0.3) is 0 Å². The molecule has 7 heteroatoms. The Kier molecular flexibility index (Phi) is 6.34. The summed E-state index contributed by atoms with van der Waals surface area (Å²) in [4.78, 5) is 13.6. The molecular formula is C17H27N5S2. The first-order valence-electron chi connectivity index (χ1n) is 8.13. The van der Waals surface area contributed by atoms with E-state index in [1.165, 1.54) is 0 Å². The molecule has 5 nitrogen and oxygen atoms in total. The Morgan fingerprint density at radius 1 is 1.08 bits per heavy atom. The molecule has 2 heterocycles. The van der Waals surface area contributed by atoms with Crippen molar-refractivity contribution in [3.8, 4) is 0 Å². The highest BCUT2D eigenvalue weighted by Gasteiger charge is 2.17. The SMILES string of the molecule is CN=C(NCc1nc(C(C)C)cs1)NCc1nc(C(C)(C)C)cs1. The molecule has 0 saturated carbocycles. The topological polar surface area (TPSA) is 62.2 Å². The number of aromatic nitrogens is 2. The van der Waals surface area contributed by atoms with E-state index >= 15 is 0 Å². The van der Waals surface area contributed by atoms with Gasteiger partial charge in [0.15, 0.2) is 5.96 Å². The van der Waals surface area contributed by atoms with E-state index in [2.05, 4.69) is 66.0 Å². The molecule has 2 aromatic heterocycles. The maximum atomic E-state index is 4.69. The van der Waals surface area contributed by atoms with E-state index in [0.717, 1.165) is 27.4 Å². The van der Waals surface area contributed by atoms with Crippen molar-refractivity contribution in [2.45, 2.75) is 59.0 Å². The van der Waals surface area contributed by atoms with Crippen LogP contribution in [0.1, 0.15) is 61.9 Å². The Hall–Kier alpha value is -1.47. The molecule has 0 spiro atoms. The Balaban J connectivity index is 1.85. The van der Waals surface area contributed by atoms with Gasteiger partial charge in [0.1, 0.15) is 10.0 Å². The largest absolute Gasteiger partial charge is 0.350 e. The predicted molar refractivity (Wildman–Crippen MR) is 104 cm³/mol. The molecule has 0 saturated heterocycles. The number of guanidine groups is 1. The Bertz CT molecular complexity index is 679. The third kappa shape index (κ3) is 5.27. The molecule has 2 N–H and O–H groups in total. The average molecular weight is 366 g/mol. The van der Waals surface area contributed by atoms with Crippen molar-refractivity contribution in [1.82, 2.24) is 20.6 Å². The summed E-state index contributed by atoms with van der Waals surface area (Å²) < 4.78 is 0. The van der Waals surface area contributed by atoms with Crippen LogP contribution in [0.5, 0.6) is 0 Å². The maximum absolute atomic E-state index is 4.69. The molecule has 0 amide bonds. The lowest BCUT2D eigenvalue weighted by atomic mass is 9.93. The third-order valence-electron chi connectivity index (χ3n) is 3.52. The number of aliphatic imine (C=N–C) groups is 1. The fourth-order valence-corrected chi connectivity index (χ4v) is 3.80. The molecule has 0 atom stereocenters. The summed E-state index contributed by atoms with van der Waals surface area (Å²) in [5.41, 5.74) is 2.38. The van der Waals surface area contributed by atoms with Gasteiger partial charge in [0, 0.05) is 23.2 Å². The van der Waals surface area contributed by atoms with Crippen LogP contribution in [0, 0.1) is 0 Å². The van der Waals surface area contributed by atoms with E-state index in [4.69, 9.17) is 4.98 Å². The molecule has 2 rings (SSSR count). The van der Waals surface area contributed by atoms with Gasteiger partial charge in [-0.05, 0) is 5.92 Å². The van der Waals surface area contributed by atoms with Gasteiger partial charge >= 0.3 is 0 Å². The van der Waals surface area contributed by atoms with E-state index in [9.17, 15) is 0 Å². The second-order valence-corrected chi connectivity index (χ2v) is 8.86. The molecule has 0 unspecified atom stereocenters. The van der Waals surface area contributed by atoms with Crippen LogP contribution in [0.2, 0.25) is 0 Å². The molecule has 0 fully saturated rings. The highest BCUT2D eigenvalue weighted by atomic mass is 32.1. The highest BCUT2D eigenvalue weighted by Crippen LogP contribution is 2.23. The number of nitrogens with zero attached hydrogens (tertiary/aromatic N) is 3. The summed E-state index contributed by atoms with van der Waals surface area (Å²) in [6.07, 6.45) is 0. The van der Waals surface area contributed by atoms with Crippen molar-refractivity contribution in [1.29, 1.82) is 0 Å². The van der Waals surface area contributed by atoms with E-state index in [1.54, 1.807) is 29.7 Å². The number of nitrogens with one attached hydrogen (secondary N) is 2. The van der Waals surface area contributed by atoms with Crippen molar-refractivity contribution < 1.29 is 0 Å². The minimum absolute atomic E-state index is 0.0909. The molecule has 0 aliphatic carbocycles. The van der Waals surface area contributed by atoms with Gasteiger partial charge in [-0.25, -0.2) is 9.97 Å². The van der Waals surface area contributed by atoms with Crippen LogP contribution in [0.4, 0.5) is 0 Å². The summed E-state index contributed by atoms with van der Waals surface area (Å²) in [6, 6.07) is 0. The van der Waals surface area contributed by atoms with Gasteiger partial charge in [-0.15, -0.1) is 22.7 Å². The average Bonchev–Trinajstić information content (AvgIpc) is 3.16. The minimum atomic E-state index is 0.0909. The molecular weight excluding hydrogens is 338 g/mol. The van der Waals surface area contributed by atoms with E-state index in [-0.39, 0.29) is 5.41 Å². The molecule has 2 aromatic rings. The van der Waals surface area contributed by atoms with E-state index in [1.807, 2.05) is 0 Å². The first kappa shape index (κ1) is 18.9. The standard InChI is InChI=1S/C17H27N5S2/c1-11(2)12-9-23-14(21-12)7-19-16(18-6)20-8-15-22-13(10-24-15)17(3,4)5/h9-11H,7-8H2,1-6H3,(H2,18,19,20). The Morgan fingerprint density at radius 2 is 1.67 bits per heavy atom. The zero-order chi connectivity index (χ0) is 17.7. The summed E-state index contributed by atoms with van der Waals surface area (Å²) in [7, 11) is 1.78. The van der Waals surface area contributed by atoms with Gasteiger partial charge in [0.05, 0.1) is 24.5 Å². The fourth-order valence-electron chi connectivity index (χ4n) is 1.95. The van der Waals surface area contributed by atoms with Crippen LogP contribution in [-0.4, -0.2) is 23.0 Å². The molecule has 0 aromatic carbocycles. The monoisotopic (exact) mass is 365 g/mol. The highest BCUT2D eigenvalue weighted by molar-refractivity contribution is 7.09. The fraction of sp³-hybridized carbons (Fsp3) is 0.588. The van der Waals surface area contributed by atoms with Gasteiger partial charge in [0.2, 0.25) is 0 Å². The summed E-state index contributed by atoms with van der Waals surface area (Å²) in [6.45, 7) is 12.2. The molecule has 0 aliphatic heterocycles. The number of hydrogen-bond acceptors (Lipinski definition) is 5. The van der Waals surface area contributed by atoms with Crippen molar-refractivity contribution in [2.75, 3.05) is 7.05 Å². The second-order valence-electron chi connectivity index (χ2n) is 6.98. The number of thiazole rings is 2. The Labute approximate surface area is 152 Å². The van der Waals surface area contributed by atoms with Crippen LogP contribution < -0.4 is 10.6 Å². The molecule has 24 heavy (non-hydrogen) atoms. The first-order valence-corrected chi connectivity index (χ1v) is 9.89. The van der Waals surface area contributed by atoms with E-state index < -0.39 is 0 Å². The summed E-state index contributed by atoms with van der Waals surface area (Å²) >= 11 is 3.37. The van der Waals surface area contributed by atoms with Crippen molar-refractivity contribution >= 4 is 28.6 Å². The van der Waals surface area contributed by atoms with Gasteiger partial charge in [-0.3, -0.25) is 4.99 Å². The lowest BCUT2D eigenvalue weighted by molar-refractivity contribution is 0.570. The number of hydrogen-bond donors (Lipinski definition) is 2. The summed E-state index contributed by atoms with van der Waals surface area (Å²) in [5.74, 6) is 1.23. The van der Waals surface area contributed by atoms with Crippen LogP contribution in [-0.2, 0) is 18.5 Å². The van der Waals surface area contributed by atoms with Gasteiger partial charge in [-0.2, -0.15) is 0 Å². The van der Waals surface area contributed by atoms with E-state index in [0.29, 0.717) is 19.0 Å². The smallest absolute Gasteiger partial charge is 0.191 e. The molecule has 0 radical (unpaired) electrons. The molecule has 0 bridgehead atoms. The van der Waals surface area contributed by atoms with Gasteiger partial charge < -0.3 is 10.6 Å². The lowest BCUT2D eigenvalue weighted by Gasteiger charge is -2.14. The zero-order valence-electron chi connectivity index (χ0n) is 15.3. The quantitative estimate of drug-likeness (QED) is 0.623.